The molecule has 20 heavy (non-hydrogen) atoms. The number of carbonyl (C=O) groups is 1. The van der Waals surface area contributed by atoms with Crippen LogP contribution in [0.15, 0.2) is 24.3 Å². The number of hydrogen-bond acceptors (Lipinski definition) is 5. The van der Waals surface area contributed by atoms with E-state index < -0.39 is 12.2 Å². The van der Waals surface area contributed by atoms with Gasteiger partial charge in [0, 0.05) is 38.3 Å². The van der Waals surface area contributed by atoms with Crippen LogP contribution in [0.5, 0.6) is 0 Å². The first-order chi connectivity index (χ1) is 9.58. The molecular weight excluding hydrogens is 258 g/mol. The second-order valence-corrected chi connectivity index (χ2v) is 5.09. The number of anilines is 1. The normalized spacial score (nSPS) is 22.9. The van der Waals surface area contributed by atoms with E-state index in [0.29, 0.717) is 32.6 Å². The number of nitrogens with two attached hydrogens (primary N) is 1. The minimum absolute atomic E-state index is 0.0821. The molecule has 110 valence electrons. The number of likely N-dealkylation sites (tertiary alicyclic amines) is 1. The van der Waals surface area contributed by atoms with E-state index in [2.05, 4.69) is 5.32 Å². The lowest BCUT2D eigenvalue weighted by molar-refractivity contribution is -0.116. The standard InChI is InChI=1S/C14H21N3O3/c15-7-10-1-3-11(4-2-10)16-14(20)5-6-17-8-12(18)13(19)9-17/h1-4,12-13,18-19H,5-9,15H2,(H,16,20). The molecule has 1 aromatic rings. The second kappa shape index (κ2) is 6.81. The van der Waals surface area contributed by atoms with E-state index in [1.165, 1.54) is 0 Å². The lowest BCUT2D eigenvalue weighted by Crippen LogP contribution is -2.27. The SMILES string of the molecule is NCc1ccc(NC(=O)CCN2CC(O)C(O)C2)cc1. The molecule has 0 radical (unpaired) electrons. The van der Waals surface area contributed by atoms with Crippen LogP contribution in [0.2, 0.25) is 0 Å². The smallest absolute Gasteiger partial charge is 0.225 e. The number of aliphatic hydroxyl groups is 2. The highest BCUT2D eigenvalue weighted by atomic mass is 16.3. The van der Waals surface area contributed by atoms with Crippen molar-refractivity contribution >= 4 is 11.6 Å². The summed E-state index contributed by atoms with van der Waals surface area (Å²) in [6, 6.07) is 7.40. The van der Waals surface area contributed by atoms with E-state index in [1.54, 1.807) is 0 Å². The molecule has 1 aliphatic heterocycles. The van der Waals surface area contributed by atoms with Gasteiger partial charge in [0.2, 0.25) is 5.91 Å². The number of hydrogen-bond donors (Lipinski definition) is 4. The molecule has 1 aromatic carbocycles. The van der Waals surface area contributed by atoms with Crippen molar-refractivity contribution in [2.75, 3.05) is 25.0 Å². The summed E-state index contributed by atoms with van der Waals surface area (Å²) in [6.07, 6.45) is -1.08. The van der Waals surface area contributed by atoms with Gasteiger partial charge in [-0.1, -0.05) is 12.1 Å². The highest BCUT2D eigenvalue weighted by Gasteiger charge is 2.29. The maximum absolute atomic E-state index is 11.8. The average molecular weight is 279 g/mol. The molecule has 0 spiro atoms. The molecule has 0 bridgehead atoms. The zero-order chi connectivity index (χ0) is 14.5. The van der Waals surface area contributed by atoms with Gasteiger partial charge in [0.15, 0.2) is 0 Å². The molecule has 6 nitrogen and oxygen atoms in total. The Bertz CT molecular complexity index is 439. The van der Waals surface area contributed by atoms with Crippen LogP contribution >= 0.6 is 0 Å². The van der Waals surface area contributed by atoms with Crippen LogP contribution in [-0.2, 0) is 11.3 Å². The third-order valence-corrected chi connectivity index (χ3v) is 3.46. The summed E-state index contributed by atoms with van der Waals surface area (Å²) in [5.41, 5.74) is 7.27. The number of β-amino-alcohol motifs (C(OH)–C–C–N with tert-alkyl or cyclic N) is 2. The van der Waals surface area contributed by atoms with Crippen molar-refractivity contribution in [3.05, 3.63) is 29.8 Å². The molecule has 1 saturated heterocycles. The molecule has 2 unspecified atom stereocenters. The molecule has 0 aromatic heterocycles. The number of aliphatic hydroxyl groups excluding tert-OH is 2. The maximum Gasteiger partial charge on any atom is 0.225 e. The fourth-order valence-electron chi connectivity index (χ4n) is 2.24. The lowest BCUT2D eigenvalue weighted by Gasteiger charge is -2.14. The summed E-state index contributed by atoms with van der Waals surface area (Å²) >= 11 is 0. The van der Waals surface area contributed by atoms with Crippen molar-refractivity contribution in [2.45, 2.75) is 25.2 Å². The first kappa shape index (κ1) is 14.9. The number of nitrogens with zero attached hydrogens (tertiary/aromatic N) is 1. The molecule has 0 aliphatic carbocycles. The average Bonchev–Trinajstić information content (AvgIpc) is 2.76. The van der Waals surface area contributed by atoms with Crippen LogP contribution in [0.3, 0.4) is 0 Å². The number of rotatable bonds is 5. The van der Waals surface area contributed by atoms with Gasteiger partial charge in [-0.05, 0) is 17.7 Å². The van der Waals surface area contributed by atoms with Gasteiger partial charge >= 0.3 is 0 Å². The topological polar surface area (TPSA) is 98.8 Å². The summed E-state index contributed by atoms with van der Waals surface area (Å²) < 4.78 is 0. The zero-order valence-corrected chi connectivity index (χ0v) is 11.3. The van der Waals surface area contributed by atoms with Crippen molar-refractivity contribution in [1.29, 1.82) is 0 Å². The third kappa shape index (κ3) is 4.01. The van der Waals surface area contributed by atoms with Crippen molar-refractivity contribution in [2.24, 2.45) is 5.73 Å². The number of nitrogens with one attached hydrogen (secondary N) is 1. The van der Waals surface area contributed by atoms with E-state index in [4.69, 9.17) is 5.73 Å². The first-order valence-electron chi connectivity index (χ1n) is 6.76. The van der Waals surface area contributed by atoms with Crippen molar-refractivity contribution in [1.82, 2.24) is 4.90 Å². The molecule has 5 N–H and O–H groups in total. The summed E-state index contributed by atoms with van der Waals surface area (Å²) in [7, 11) is 0. The van der Waals surface area contributed by atoms with Crippen molar-refractivity contribution < 1.29 is 15.0 Å². The summed E-state index contributed by atoms with van der Waals surface area (Å²) in [5.74, 6) is -0.0821. The Kier molecular flexibility index (Phi) is 5.08. The monoisotopic (exact) mass is 279 g/mol. The molecular formula is C14H21N3O3. The van der Waals surface area contributed by atoms with Gasteiger partial charge in [-0.15, -0.1) is 0 Å². The van der Waals surface area contributed by atoms with E-state index in [-0.39, 0.29) is 5.91 Å². The summed E-state index contributed by atoms with van der Waals surface area (Å²) in [4.78, 5) is 13.7. The Morgan fingerprint density at radius 2 is 1.85 bits per heavy atom. The fourth-order valence-corrected chi connectivity index (χ4v) is 2.24. The van der Waals surface area contributed by atoms with E-state index in [1.807, 2.05) is 29.2 Å². The van der Waals surface area contributed by atoms with Gasteiger partial charge in [0.05, 0.1) is 12.2 Å². The Balaban J connectivity index is 1.75. The summed E-state index contributed by atoms with van der Waals surface area (Å²) in [5, 5.41) is 21.6. The van der Waals surface area contributed by atoms with Gasteiger partial charge in [-0.25, -0.2) is 0 Å². The third-order valence-electron chi connectivity index (χ3n) is 3.46. The first-order valence-corrected chi connectivity index (χ1v) is 6.76. The predicted molar refractivity (Wildman–Crippen MR) is 76.0 cm³/mol. The molecule has 1 aliphatic rings. The van der Waals surface area contributed by atoms with Gasteiger partial charge in [-0.3, -0.25) is 9.69 Å². The Labute approximate surface area is 118 Å². The Morgan fingerprint density at radius 1 is 1.25 bits per heavy atom. The van der Waals surface area contributed by atoms with Crippen LogP contribution in [0.4, 0.5) is 5.69 Å². The van der Waals surface area contributed by atoms with Crippen LogP contribution < -0.4 is 11.1 Å². The number of benzene rings is 1. The van der Waals surface area contributed by atoms with E-state index in [0.717, 1.165) is 11.3 Å². The Hall–Kier alpha value is -1.47. The van der Waals surface area contributed by atoms with E-state index in [9.17, 15) is 15.0 Å². The molecule has 2 atom stereocenters. The van der Waals surface area contributed by atoms with Gasteiger partial charge in [0.1, 0.15) is 0 Å². The summed E-state index contributed by atoms with van der Waals surface area (Å²) in [6.45, 7) is 1.84. The van der Waals surface area contributed by atoms with Crippen LogP contribution in [0.1, 0.15) is 12.0 Å². The number of carbonyl (C=O) groups excluding carboxylic acids is 1. The van der Waals surface area contributed by atoms with Crippen LogP contribution in [0.25, 0.3) is 0 Å². The molecule has 1 amide bonds. The highest BCUT2D eigenvalue weighted by molar-refractivity contribution is 5.90. The number of amides is 1. The minimum atomic E-state index is -0.707. The van der Waals surface area contributed by atoms with Gasteiger partial charge in [-0.2, -0.15) is 0 Å². The lowest BCUT2D eigenvalue weighted by atomic mass is 10.2. The maximum atomic E-state index is 11.8. The predicted octanol–water partition coefficient (Wildman–Crippen LogP) is -0.489. The van der Waals surface area contributed by atoms with Crippen molar-refractivity contribution in [3.8, 4) is 0 Å². The zero-order valence-electron chi connectivity index (χ0n) is 11.3. The molecule has 0 saturated carbocycles. The van der Waals surface area contributed by atoms with Gasteiger partial charge < -0.3 is 21.3 Å². The largest absolute Gasteiger partial charge is 0.389 e. The molecule has 2 rings (SSSR count). The van der Waals surface area contributed by atoms with Gasteiger partial charge in [0.25, 0.3) is 0 Å². The second-order valence-electron chi connectivity index (χ2n) is 5.09. The molecule has 6 heteroatoms. The van der Waals surface area contributed by atoms with Crippen molar-refractivity contribution in [3.63, 3.8) is 0 Å². The quantitative estimate of drug-likeness (QED) is 0.583. The van der Waals surface area contributed by atoms with Crippen LogP contribution in [-0.4, -0.2) is 52.9 Å². The fraction of sp³-hybridized carbons (Fsp3) is 0.500. The highest BCUT2D eigenvalue weighted by Crippen LogP contribution is 2.12. The Morgan fingerprint density at radius 3 is 2.40 bits per heavy atom. The van der Waals surface area contributed by atoms with E-state index >= 15 is 0 Å². The van der Waals surface area contributed by atoms with Crippen LogP contribution in [0, 0.1) is 0 Å². The molecule has 1 heterocycles. The molecule has 1 fully saturated rings. The minimum Gasteiger partial charge on any atom is -0.389 e.